The molecule has 0 bridgehead atoms. The van der Waals surface area contributed by atoms with Gasteiger partial charge in [0.05, 0.1) is 16.9 Å². The molecule has 0 unspecified atom stereocenters. The van der Waals surface area contributed by atoms with Crippen molar-refractivity contribution < 1.29 is 18.3 Å². The van der Waals surface area contributed by atoms with Gasteiger partial charge in [-0.1, -0.05) is 49.6 Å². The predicted molar refractivity (Wildman–Crippen MR) is 81.9 cm³/mol. The molecule has 1 aliphatic rings. The van der Waals surface area contributed by atoms with E-state index in [1.165, 1.54) is 0 Å². The number of hydrogen-bond acceptors (Lipinski definition) is 3. The van der Waals surface area contributed by atoms with E-state index in [1.807, 2.05) is 30.3 Å². The van der Waals surface area contributed by atoms with Crippen molar-refractivity contribution in [2.45, 2.75) is 43.8 Å². The lowest BCUT2D eigenvalue weighted by atomic mass is 10.0. The summed E-state index contributed by atoms with van der Waals surface area (Å²) < 4.78 is 24.9. The number of hydrogen-bond donors (Lipinski definition) is 1. The number of sulfone groups is 1. The third kappa shape index (κ3) is 4.56. The Kier molecular flexibility index (Phi) is 5.39. The lowest BCUT2D eigenvalue weighted by Crippen LogP contribution is -2.33. The molecule has 21 heavy (non-hydrogen) atoms. The quantitative estimate of drug-likeness (QED) is 0.877. The number of carbonyl (C=O) groups is 1. The van der Waals surface area contributed by atoms with Crippen LogP contribution in [0.2, 0.25) is 0 Å². The Morgan fingerprint density at radius 1 is 1.14 bits per heavy atom. The van der Waals surface area contributed by atoms with Crippen LogP contribution in [0.4, 0.5) is 0 Å². The molecule has 1 fully saturated rings. The smallest absolute Gasteiger partial charge is 0.307 e. The Morgan fingerprint density at radius 3 is 2.33 bits per heavy atom. The average Bonchev–Trinajstić information content (AvgIpc) is 2.48. The first-order valence-electron chi connectivity index (χ1n) is 7.47. The van der Waals surface area contributed by atoms with E-state index in [0.717, 1.165) is 24.8 Å². The summed E-state index contributed by atoms with van der Waals surface area (Å²) in [6.07, 6.45) is 4.57. The topological polar surface area (TPSA) is 71.4 Å². The van der Waals surface area contributed by atoms with Crippen LogP contribution in [-0.4, -0.2) is 30.5 Å². The van der Waals surface area contributed by atoms with Crippen molar-refractivity contribution in [3.05, 3.63) is 35.9 Å². The lowest BCUT2D eigenvalue weighted by molar-refractivity contribution is -0.140. The second kappa shape index (κ2) is 7.07. The number of rotatable bonds is 6. The minimum atomic E-state index is -3.33. The molecule has 0 radical (unpaired) electrons. The Bertz CT molecular complexity index is 559. The summed E-state index contributed by atoms with van der Waals surface area (Å²) in [5.41, 5.74) is 0.865. The number of carboxylic acids is 1. The van der Waals surface area contributed by atoms with Gasteiger partial charge in [-0.15, -0.1) is 0 Å². The summed E-state index contributed by atoms with van der Waals surface area (Å²) in [6.45, 7) is 0. The van der Waals surface area contributed by atoms with Gasteiger partial charge in [-0.2, -0.15) is 0 Å². The van der Waals surface area contributed by atoms with Gasteiger partial charge < -0.3 is 5.11 Å². The fourth-order valence-electron chi connectivity index (χ4n) is 2.96. The first kappa shape index (κ1) is 16.0. The first-order chi connectivity index (χ1) is 9.99. The van der Waals surface area contributed by atoms with Crippen LogP contribution < -0.4 is 0 Å². The highest BCUT2D eigenvalue weighted by molar-refractivity contribution is 7.92. The Labute approximate surface area is 126 Å². The number of benzene rings is 1. The minimum absolute atomic E-state index is 0.248. The van der Waals surface area contributed by atoms with Crippen LogP contribution in [0.15, 0.2) is 30.3 Å². The third-order valence-electron chi connectivity index (χ3n) is 4.17. The predicted octanol–water partition coefficient (Wildman–Crippen LogP) is 2.68. The molecule has 1 saturated carbocycles. The zero-order valence-electron chi connectivity index (χ0n) is 12.1. The van der Waals surface area contributed by atoms with Gasteiger partial charge in [0.1, 0.15) is 0 Å². The minimum Gasteiger partial charge on any atom is -0.481 e. The Morgan fingerprint density at radius 2 is 1.76 bits per heavy atom. The van der Waals surface area contributed by atoms with E-state index in [9.17, 15) is 18.3 Å². The lowest BCUT2D eigenvalue weighted by Gasteiger charge is -2.23. The molecule has 0 amide bonds. The summed E-state index contributed by atoms with van der Waals surface area (Å²) in [4.78, 5) is 11.4. The Balaban J connectivity index is 2.07. The van der Waals surface area contributed by atoms with Crippen LogP contribution >= 0.6 is 0 Å². The van der Waals surface area contributed by atoms with Crippen LogP contribution in [0.25, 0.3) is 0 Å². The van der Waals surface area contributed by atoms with Crippen molar-refractivity contribution in [3.8, 4) is 0 Å². The van der Waals surface area contributed by atoms with Gasteiger partial charge in [0.15, 0.2) is 9.84 Å². The fraction of sp³-hybridized carbons (Fsp3) is 0.562. The molecule has 1 atom stereocenters. The van der Waals surface area contributed by atoms with E-state index in [0.29, 0.717) is 12.8 Å². The van der Waals surface area contributed by atoms with Crippen LogP contribution in [0, 0.1) is 5.92 Å². The van der Waals surface area contributed by atoms with Crippen LogP contribution in [0.3, 0.4) is 0 Å². The van der Waals surface area contributed by atoms with Gasteiger partial charge in [-0.3, -0.25) is 4.79 Å². The monoisotopic (exact) mass is 310 g/mol. The number of aliphatic carboxylic acids is 1. The Hall–Kier alpha value is -1.36. The van der Waals surface area contributed by atoms with Crippen molar-refractivity contribution in [1.82, 2.24) is 0 Å². The standard InChI is InChI=1S/C16H22O4S/c17-16(18)14(11-13-7-3-1-4-8-13)12-21(19,20)15-9-5-2-6-10-15/h1,3-4,7-8,14-15H,2,5-6,9-12H2,(H,17,18)/t14-/m0/s1. The third-order valence-corrected chi connectivity index (χ3v) is 6.52. The molecule has 0 saturated heterocycles. The maximum Gasteiger partial charge on any atom is 0.307 e. The van der Waals surface area contributed by atoms with Crippen LogP contribution in [0.5, 0.6) is 0 Å². The normalized spacial score (nSPS) is 18.3. The first-order valence-corrected chi connectivity index (χ1v) is 9.19. The highest BCUT2D eigenvalue weighted by Gasteiger charge is 2.32. The summed E-state index contributed by atoms with van der Waals surface area (Å²) in [6, 6.07) is 9.21. The van der Waals surface area contributed by atoms with Crippen LogP contribution in [0.1, 0.15) is 37.7 Å². The van der Waals surface area contributed by atoms with E-state index in [4.69, 9.17) is 0 Å². The molecule has 1 N–H and O–H groups in total. The second-order valence-corrected chi connectivity index (χ2v) is 8.14. The van der Waals surface area contributed by atoms with Gasteiger partial charge in [-0.05, 0) is 24.8 Å². The summed E-state index contributed by atoms with van der Waals surface area (Å²) in [5.74, 6) is -2.14. The molecule has 1 aromatic rings. The van der Waals surface area contributed by atoms with E-state index >= 15 is 0 Å². The molecule has 1 aromatic carbocycles. The molecule has 0 heterocycles. The van der Waals surface area contributed by atoms with E-state index in [-0.39, 0.29) is 17.4 Å². The van der Waals surface area contributed by atoms with Crippen molar-refractivity contribution in [1.29, 1.82) is 0 Å². The zero-order chi connectivity index (χ0) is 15.3. The molecule has 0 spiro atoms. The largest absolute Gasteiger partial charge is 0.481 e. The average molecular weight is 310 g/mol. The summed E-state index contributed by atoms with van der Waals surface area (Å²) in [5, 5.41) is 8.99. The molecular weight excluding hydrogens is 288 g/mol. The highest BCUT2D eigenvalue weighted by Crippen LogP contribution is 2.26. The van der Waals surface area contributed by atoms with Crippen molar-refractivity contribution in [3.63, 3.8) is 0 Å². The maximum absolute atomic E-state index is 12.4. The molecule has 0 aromatic heterocycles. The molecule has 4 nitrogen and oxygen atoms in total. The van der Waals surface area contributed by atoms with E-state index in [1.54, 1.807) is 0 Å². The van der Waals surface area contributed by atoms with Gasteiger partial charge in [0.2, 0.25) is 0 Å². The molecule has 0 aliphatic heterocycles. The zero-order valence-corrected chi connectivity index (χ0v) is 12.9. The van der Waals surface area contributed by atoms with Gasteiger partial charge in [-0.25, -0.2) is 8.42 Å². The second-order valence-electron chi connectivity index (χ2n) is 5.81. The van der Waals surface area contributed by atoms with E-state index in [2.05, 4.69) is 0 Å². The fourth-order valence-corrected chi connectivity index (χ4v) is 5.10. The molecule has 116 valence electrons. The van der Waals surface area contributed by atoms with E-state index < -0.39 is 21.7 Å². The molecular formula is C16H22O4S. The molecule has 2 rings (SSSR count). The maximum atomic E-state index is 12.4. The van der Waals surface area contributed by atoms with Gasteiger partial charge >= 0.3 is 5.97 Å². The van der Waals surface area contributed by atoms with Crippen molar-refractivity contribution in [2.24, 2.45) is 5.92 Å². The van der Waals surface area contributed by atoms with Gasteiger partial charge in [0.25, 0.3) is 0 Å². The van der Waals surface area contributed by atoms with Crippen molar-refractivity contribution >= 4 is 15.8 Å². The molecule has 5 heteroatoms. The summed E-state index contributed by atoms with van der Waals surface area (Å²) >= 11 is 0. The van der Waals surface area contributed by atoms with Crippen molar-refractivity contribution in [2.75, 3.05) is 5.75 Å². The highest BCUT2D eigenvalue weighted by atomic mass is 32.2. The summed E-state index contributed by atoms with van der Waals surface area (Å²) in [7, 11) is -3.33. The van der Waals surface area contributed by atoms with Gasteiger partial charge in [0, 0.05) is 0 Å². The van der Waals surface area contributed by atoms with Crippen LogP contribution in [-0.2, 0) is 21.1 Å². The molecule has 1 aliphatic carbocycles. The number of carboxylic acid groups (broad SMARTS) is 1. The SMILES string of the molecule is O=C(O)[C@@H](Cc1ccccc1)CS(=O)(=O)C1CCCCC1.